The van der Waals surface area contributed by atoms with Crippen LogP contribution < -0.4 is 11.1 Å². The van der Waals surface area contributed by atoms with Gasteiger partial charge in [0, 0.05) is 23.2 Å². The van der Waals surface area contributed by atoms with Gasteiger partial charge in [-0.3, -0.25) is 18.9 Å². The Balaban J connectivity index is 1.95. The van der Waals surface area contributed by atoms with Crippen molar-refractivity contribution in [3.05, 3.63) is 82.4 Å². The van der Waals surface area contributed by atoms with E-state index in [9.17, 15) is 27.4 Å². The Morgan fingerprint density at radius 1 is 0.969 bits per heavy atom. The first-order chi connectivity index (χ1) is 15.1. The zero-order valence-electron chi connectivity index (χ0n) is 16.9. The van der Waals surface area contributed by atoms with Crippen LogP contribution in [0, 0.1) is 0 Å². The van der Waals surface area contributed by atoms with Crippen molar-refractivity contribution in [1.29, 1.82) is 0 Å². The highest BCUT2D eigenvalue weighted by atomic mass is 32.2. The van der Waals surface area contributed by atoms with Crippen LogP contribution in [0.1, 0.15) is 44.3 Å². The SMILES string of the molecule is CC(=O)Cc1cccc(Nc2cc(S(=O)(=O)O)c(N)c3c2C(=O)c2ccccc2C3=O)c1. The number of ketones is 3. The second-order valence-corrected chi connectivity index (χ2v) is 8.86. The van der Waals surface area contributed by atoms with Crippen molar-refractivity contribution in [3.63, 3.8) is 0 Å². The van der Waals surface area contributed by atoms with Crippen molar-refractivity contribution in [2.45, 2.75) is 18.2 Å². The summed E-state index contributed by atoms with van der Waals surface area (Å²) in [4.78, 5) is 37.2. The lowest BCUT2D eigenvalue weighted by molar-refractivity contribution is -0.116. The molecular weight excluding hydrogens is 432 g/mol. The maximum Gasteiger partial charge on any atom is 0.296 e. The first-order valence-corrected chi connectivity index (χ1v) is 11.0. The highest BCUT2D eigenvalue weighted by Crippen LogP contribution is 2.40. The average Bonchev–Trinajstić information content (AvgIpc) is 2.72. The number of hydrogen-bond donors (Lipinski definition) is 3. The van der Waals surface area contributed by atoms with E-state index < -0.39 is 32.3 Å². The van der Waals surface area contributed by atoms with Crippen LogP contribution in [0.3, 0.4) is 0 Å². The molecule has 4 rings (SSSR count). The Morgan fingerprint density at radius 3 is 2.19 bits per heavy atom. The minimum absolute atomic E-state index is 0.00495. The molecule has 4 N–H and O–H groups in total. The summed E-state index contributed by atoms with van der Waals surface area (Å²) < 4.78 is 33.6. The Morgan fingerprint density at radius 2 is 1.59 bits per heavy atom. The number of hydrogen-bond acceptors (Lipinski definition) is 7. The molecule has 9 heteroatoms. The van der Waals surface area contributed by atoms with Crippen molar-refractivity contribution >= 4 is 44.5 Å². The van der Waals surface area contributed by atoms with Crippen LogP contribution >= 0.6 is 0 Å². The number of anilines is 3. The number of carbonyl (C=O) groups excluding carboxylic acids is 3. The molecule has 0 fully saturated rings. The van der Waals surface area contributed by atoms with Crippen LogP contribution in [-0.2, 0) is 21.3 Å². The summed E-state index contributed by atoms with van der Waals surface area (Å²) in [5, 5.41) is 2.95. The molecule has 0 heterocycles. The predicted molar refractivity (Wildman–Crippen MR) is 118 cm³/mol. The van der Waals surface area contributed by atoms with E-state index in [1.807, 2.05) is 0 Å². The summed E-state index contributed by atoms with van der Waals surface area (Å²) >= 11 is 0. The van der Waals surface area contributed by atoms with Crippen LogP contribution in [0.25, 0.3) is 0 Å². The molecule has 0 saturated heterocycles. The van der Waals surface area contributed by atoms with E-state index in [1.54, 1.807) is 36.4 Å². The molecule has 0 atom stereocenters. The van der Waals surface area contributed by atoms with Gasteiger partial charge < -0.3 is 11.1 Å². The maximum atomic E-state index is 13.3. The van der Waals surface area contributed by atoms with Crippen molar-refractivity contribution in [2.24, 2.45) is 0 Å². The number of carbonyl (C=O) groups is 3. The largest absolute Gasteiger partial charge is 0.397 e. The Hall–Kier alpha value is -3.82. The Bertz CT molecular complexity index is 1430. The number of nitrogens with two attached hydrogens (primary N) is 1. The van der Waals surface area contributed by atoms with Gasteiger partial charge in [0.1, 0.15) is 10.7 Å². The topological polar surface area (TPSA) is 144 Å². The van der Waals surface area contributed by atoms with Crippen LogP contribution in [0.2, 0.25) is 0 Å². The molecule has 1 aliphatic rings. The third-order valence-electron chi connectivity index (χ3n) is 5.14. The molecule has 162 valence electrons. The molecule has 1 aliphatic carbocycles. The van der Waals surface area contributed by atoms with Gasteiger partial charge in [0.2, 0.25) is 0 Å². The van der Waals surface area contributed by atoms with E-state index in [0.717, 1.165) is 6.07 Å². The van der Waals surface area contributed by atoms with Crippen molar-refractivity contribution < 1.29 is 27.4 Å². The summed E-state index contributed by atoms with van der Waals surface area (Å²) in [5.74, 6) is -1.17. The van der Waals surface area contributed by atoms with Gasteiger partial charge in [-0.25, -0.2) is 0 Å². The molecular formula is C23H18N2O6S. The minimum atomic E-state index is -4.80. The van der Waals surface area contributed by atoms with Crippen LogP contribution in [0.5, 0.6) is 0 Å². The molecule has 3 aromatic carbocycles. The number of Topliss-reactive ketones (excluding diaryl/α,β-unsaturated/α-hetero) is 1. The number of nitrogen functional groups attached to an aromatic ring is 1. The van der Waals surface area contributed by atoms with Gasteiger partial charge in [-0.15, -0.1) is 0 Å². The molecule has 0 unspecified atom stereocenters. The van der Waals surface area contributed by atoms with E-state index in [1.165, 1.54) is 19.1 Å². The fourth-order valence-corrected chi connectivity index (χ4v) is 4.45. The van der Waals surface area contributed by atoms with E-state index in [2.05, 4.69) is 5.32 Å². The second-order valence-electron chi connectivity index (χ2n) is 7.47. The van der Waals surface area contributed by atoms with Gasteiger partial charge in [0.15, 0.2) is 11.6 Å². The van der Waals surface area contributed by atoms with E-state index in [4.69, 9.17) is 5.73 Å². The summed E-state index contributed by atoms with van der Waals surface area (Å²) in [5.41, 5.74) is 6.51. The molecule has 0 radical (unpaired) electrons. The number of rotatable bonds is 5. The smallest absolute Gasteiger partial charge is 0.296 e. The lowest BCUT2D eigenvalue weighted by atomic mass is 9.82. The summed E-state index contributed by atoms with van der Waals surface area (Å²) in [6, 6.07) is 13.9. The molecule has 0 aliphatic heterocycles. The third-order valence-corrected chi connectivity index (χ3v) is 6.03. The number of benzene rings is 3. The van der Waals surface area contributed by atoms with Crippen molar-refractivity contribution in [1.82, 2.24) is 0 Å². The van der Waals surface area contributed by atoms with Gasteiger partial charge in [-0.2, -0.15) is 8.42 Å². The highest BCUT2D eigenvalue weighted by molar-refractivity contribution is 7.86. The average molecular weight is 450 g/mol. The summed E-state index contributed by atoms with van der Waals surface area (Å²) in [6.07, 6.45) is 0.191. The first-order valence-electron chi connectivity index (χ1n) is 9.55. The van der Waals surface area contributed by atoms with Crippen molar-refractivity contribution in [2.75, 3.05) is 11.1 Å². The quantitative estimate of drug-likeness (QED) is 0.311. The van der Waals surface area contributed by atoms with Gasteiger partial charge in [0.25, 0.3) is 10.1 Å². The van der Waals surface area contributed by atoms with Crippen molar-refractivity contribution in [3.8, 4) is 0 Å². The molecule has 0 saturated carbocycles. The molecule has 0 spiro atoms. The Kier molecular flexibility index (Phi) is 5.15. The molecule has 0 bridgehead atoms. The molecule has 0 aromatic heterocycles. The van der Waals surface area contributed by atoms with Gasteiger partial charge >= 0.3 is 0 Å². The number of fused-ring (bicyclic) bond motifs is 2. The second kappa shape index (κ2) is 7.70. The standard InChI is InChI=1S/C23H18N2O6S/c1-12(26)9-13-5-4-6-14(10-13)25-17-11-18(32(29,30)31)21(24)20-19(17)22(27)15-7-2-3-8-16(15)23(20)28/h2-8,10-11,25H,9,24H2,1H3,(H,29,30,31). The lowest BCUT2D eigenvalue weighted by Gasteiger charge is -2.23. The third kappa shape index (κ3) is 3.68. The van der Waals surface area contributed by atoms with Gasteiger partial charge in [-0.05, 0) is 30.7 Å². The summed E-state index contributed by atoms with van der Waals surface area (Å²) in [6.45, 7) is 1.45. The van der Waals surface area contributed by atoms with Crippen LogP contribution in [-0.4, -0.2) is 30.3 Å². The molecule has 0 amide bonds. The lowest BCUT2D eigenvalue weighted by Crippen LogP contribution is -2.25. The van der Waals surface area contributed by atoms with E-state index >= 15 is 0 Å². The fourth-order valence-electron chi connectivity index (χ4n) is 3.81. The highest BCUT2D eigenvalue weighted by Gasteiger charge is 2.36. The first kappa shape index (κ1) is 21.4. The Labute approximate surface area is 183 Å². The zero-order chi connectivity index (χ0) is 23.2. The predicted octanol–water partition coefficient (Wildman–Crippen LogP) is 3.17. The molecule has 32 heavy (non-hydrogen) atoms. The molecule has 3 aromatic rings. The normalized spacial score (nSPS) is 12.8. The maximum absolute atomic E-state index is 13.3. The zero-order valence-corrected chi connectivity index (χ0v) is 17.7. The fraction of sp³-hybridized carbons (Fsp3) is 0.0870. The van der Waals surface area contributed by atoms with Gasteiger partial charge in [0.05, 0.1) is 22.5 Å². The van der Waals surface area contributed by atoms with E-state index in [-0.39, 0.29) is 40.1 Å². The molecule has 8 nitrogen and oxygen atoms in total. The summed E-state index contributed by atoms with van der Waals surface area (Å²) in [7, 11) is -4.80. The minimum Gasteiger partial charge on any atom is -0.397 e. The monoisotopic (exact) mass is 450 g/mol. The van der Waals surface area contributed by atoms with Crippen LogP contribution in [0.4, 0.5) is 17.1 Å². The van der Waals surface area contributed by atoms with Gasteiger partial charge in [-0.1, -0.05) is 36.4 Å². The van der Waals surface area contributed by atoms with Crippen LogP contribution in [0.15, 0.2) is 59.5 Å². The van der Waals surface area contributed by atoms with E-state index in [0.29, 0.717) is 11.3 Å². The number of nitrogens with one attached hydrogen (secondary N) is 1.